The number of carbonyl (C=O) groups excluding carboxylic acids is 5. The summed E-state index contributed by atoms with van der Waals surface area (Å²) in [5, 5.41) is 35.3. The quantitative estimate of drug-likeness (QED) is 0.151. The van der Waals surface area contributed by atoms with Gasteiger partial charge < -0.3 is 43.4 Å². The second-order valence-corrected chi connectivity index (χ2v) is 15.3. The molecule has 0 bridgehead atoms. The number of esters is 5. The Balaban J connectivity index is 2.16. The molecule has 0 amide bonds. The van der Waals surface area contributed by atoms with Gasteiger partial charge in [-0.05, 0) is 36.5 Å². The molecule has 1 aromatic rings. The molecule has 11 atom stereocenters. The fraction of sp³-hybridized carbons (Fsp3) is 0.676. The second-order valence-electron chi connectivity index (χ2n) is 15.3. The Bertz CT molecular complexity index is 1580. The topological polar surface area (TPSA) is 222 Å². The standard InChI is InChI=1S/C37H50O15/c1-18(2)12-28(42)51-32-30(33(44)45)31(19(3)37(46)26(50-21(5)40)13-23(36(32,37)8)22-10-11-48-16-22)35(7,24-14-29(43)52-34(24,6)17-38)25(49-20(4)39)15-27(41)47-9/h10-11,16,18,23-26,30-32,38,46H,3,12-15,17H2,1-2,4-9H3,(H,44,45)/t23-,24-,25+,26-,30-,31+,32-,34+,35+,36+,37+/m0/s1. The zero-order valence-corrected chi connectivity index (χ0v) is 30.8. The van der Waals surface area contributed by atoms with Gasteiger partial charge in [0, 0.05) is 48.9 Å². The lowest BCUT2D eigenvalue weighted by Crippen LogP contribution is -2.71. The molecule has 1 aromatic heterocycles. The van der Waals surface area contributed by atoms with Gasteiger partial charge >= 0.3 is 35.8 Å². The molecule has 15 nitrogen and oxygen atoms in total. The molecule has 0 radical (unpaired) electrons. The number of hydrogen-bond donors (Lipinski definition) is 3. The van der Waals surface area contributed by atoms with E-state index >= 15 is 0 Å². The first-order chi connectivity index (χ1) is 24.1. The Morgan fingerprint density at radius 2 is 1.73 bits per heavy atom. The van der Waals surface area contributed by atoms with Crippen molar-refractivity contribution in [1.29, 1.82) is 0 Å². The number of aliphatic hydroxyl groups is 2. The van der Waals surface area contributed by atoms with Crippen LogP contribution in [0.3, 0.4) is 0 Å². The van der Waals surface area contributed by atoms with Crippen LogP contribution in [0.5, 0.6) is 0 Å². The van der Waals surface area contributed by atoms with Crippen molar-refractivity contribution in [3.63, 3.8) is 0 Å². The number of furan rings is 1. The van der Waals surface area contributed by atoms with Crippen molar-refractivity contribution in [3.8, 4) is 0 Å². The number of rotatable bonds is 13. The number of carboxylic acid groups (broad SMARTS) is 1. The molecule has 0 aromatic carbocycles. The molecule has 52 heavy (non-hydrogen) atoms. The highest BCUT2D eigenvalue weighted by atomic mass is 16.6. The number of aliphatic hydroxyl groups excluding tert-OH is 1. The molecule has 15 heteroatoms. The normalized spacial score (nSPS) is 34.4. The highest BCUT2D eigenvalue weighted by Gasteiger charge is 2.78. The number of carbonyl (C=O) groups is 6. The van der Waals surface area contributed by atoms with Gasteiger partial charge in [0.15, 0.2) is 0 Å². The summed E-state index contributed by atoms with van der Waals surface area (Å²) in [6.07, 6.45) is -3.23. The molecule has 0 unspecified atom stereocenters. The number of ether oxygens (including phenoxy) is 5. The first-order valence-electron chi connectivity index (χ1n) is 17.2. The van der Waals surface area contributed by atoms with E-state index in [2.05, 4.69) is 6.58 Å². The van der Waals surface area contributed by atoms with E-state index in [1.54, 1.807) is 19.9 Å². The monoisotopic (exact) mass is 734 g/mol. The molecule has 0 spiro atoms. The van der Waals surface area contributed by atoms with Crippen LogP contribution in [-0.2, 0) is 52.5 Å². The van der Waals surface area contributed by atoms with E-state index in [0.29, 0.717) is 5.56 Å². The van der Waals surface area contributed by atoms with Gasteiger partial charge in [-0.25, -0.2) is 0 Å². The first kappa shape index (κ1) is 40.5. The maximum atomic E-state index is 13.9. The van der Waals surface area contributed by atoms with Crippen LogP contribution in [0.15, 0.2) is 35.2 Å². The summed E-state index contributed by atoms with van der Waals surface area (Å²) in [5.41, 5.74) is -7.53. The summed E-state index contributed by atoms with van der Waals surface area (Å²) in [4.78, 5) is 79.1. The summed E-state index contributed by atoms with van der Waals surface area (Å²) >= 11 is 0. The van der Waals surface area contributed by atoms with Crippen molar-refractivity contribution >= 4 is 35.8 Å². The fourth-order valence-corrected chi connectivity index (χ4v) is 9.49. The van der Waals surface area contributed by atoms with Crippen LogP contribution in [0.2, 0.25) is 0 Å². The van der Waals surface area contributed by atoms with Gasteiger partial charge in [-0.1, -0.05) is 34.3 Å². The number of methoxy groups -OCH3 is 1. The molecule has 4 rings (SSSR count). The molecular formula is C37H50O15. The van der Waals surface area contributed by atoms with Gasteiger partial charge in [0.25, 0.3) is 0 Å². The SMILES string of the molecule is C=C1[C@@H]([C@](C)([C@H]2CC(=O)O[C@]2(C)CO)[C@@H](CC(=O)OC)OC(C)=O)[C@H](C(=O)O)[C@H](OC(=O)CC(C)C)[C@@]2(C)[C@H](c3ccoc3)C[C@H](OC(C)=O)[C@]12O. The molecule has 3 aliphatic rings. The number of aliphatic carboxylic acids is 1. The predicted molar refractivity (Wildman–Crippen MR) is 178 cm³/mol. The van der Waals surface area contributed by atoms with E-state index in [0.717, 1.165) is 21.0 Å². The summed E-state index contributed by atoms with van der Waals surface area (Å²) in [7, 11) is 1.10. The van der Waals surface area contributed by atoms with E-state index in [1.165, 1.54) is 33.3 Å². The Labute approximate surface area is 301 Å². The minimum atomic E-state index is -2.37. The van der Waals surface area contributed by atoms with Crippen molar-refractivity contribution < 1.29 is 72.2 Å². The largest absolute Gasteiger partial charge is 0.481 e. The van der Waals surface area contributed by atoms with Crippen LogP contribution in [0.25, 0.3) is 0 Å². The highest BCUT2D eigenvalue weighted by Crippen LogP contribution is 2.70. The van der Waals surface area contributed by atoms with Crippen molar-refractivity contribution in [2.24, 2.45) is 34.5 Å². The van der Waals surface area contributed by atoms with Crippen molar-refractivity contribution in [1.82, 2.24) is 0 Å². The number of cyclic esters (lactones) is 1. The molecule has 2 aliphatic carbocycles. The van der Waals surface area contributed by atoms with Crippen LogP contribution < -0.4 is 0 Å². The molecular weight excluding hydrogens is 684 g/mol. The summed E-state index contributed by atoms with van der Waals surface area (Å²) < 4.78 is 33.7. The van der Waals surface area contributed by atoms with Crippen LogP contribution in [-0.4, -0.2) is 94.4 Å². The van der Waals surface area contributed by atoms with Gasteiger partial charge in [-0.15, -0.1) is 0 Å². The Kier molecular flexibility index (Phi) is 11.4. The molecule has 1 aliphatic heterocycles. The van der Waals surface area contributed by atoms with E-state index in [9.17, 15) is 44.1 Å². The molecule has 2 saturated carbocycles. The molecule has 2 heterocycles. The Morgan fingerprint density at radius 1 is 1.08 bits per heavy atom. The van der Waals surface area contributed by atoms with E-state index < -0.39 is 119 Å². The lowest BCUT2D eigenvalue weighted by Gasteiger charge is -2.62. The average Bonchev–Trinajstić information content (AvgIpc) is 3.74. The van der Waals surface area contributed by atoms with Crippen molar-refractivity contribution in [3.05, 3.63) is 36.3 Å². The third-order valence-electron chi connectivity index (χ3n) is 11.7. The van der Waals surface area contributed by atoms with Gasteiger partial charge in [0.05, 0.1) is 39.1 Å². The zero-order valence-electron chi connectivity index (χ0n) is 30.8. The van der Waals surface area contributed by atoms with E-state index in [1.807, 2.05) is 0 Å². The van der Waals surface area contributed by atoms with Crippen molar-refractivity contribution in [2.75, 3.05) is 13.7 Å². The Morgan fingerprint density at radius 3 is 2.23 bits per heavy atom. The van der Waals surface area contributed by atoms with Gasteiger partial charge in [-0.3, -0.25) is 28.8 Å². The number of hydrogen-bond acceptors (Lipinski definition) is 14. The van der Waals surface area contributed by atoms with Gasteiger partial charge in [0.2, 0.25) is 0 Å². The zero-order chi connectivity index (χ0) is 39.1. The Hall–Kier alpha value is -4.24. The summed E-state index contributed by atoms with van der Waals surface area (Å²) in [6.45, 7) is 13.7. The minimum absolute atomic E-state index is 0.0892. The predicted octanol–water partition coefficient (Wildman–Crippen LogP) is 3.10. The number of carboxylic acids is 1. The smallest absolute Gasteiger partial charge is 0.310 e. The minimum Gasteiger partial charge on any atom is -0.481 e. The lowest BCUT2D eigenvalue weighted by molar-refractivity contribution is -0.234. The maximum absolute atomic E-state index is 13.9. The van der Waals surface area contributed by atoms with Crippen LogP contribution in [0.4, 0.5) is 0 Å². The van der Waals surface area contributed by atoms with E-state index in [-0.39, 0.29) is 24.3 Å². The first-order valence-corrected chi connectivity index (χ1v) is 17.2. The second kappa shape index (κ2) is 14.6. The van der Waals surface area contributed by atoms with Crippen molar-refractivity contribution in [2.45, 2.75) is 110 Å². The fourth-order valence-electron chi connectivity index (χ4n) is 9.49. The third-order valence-corrected chi connectivity index (χ3v) is 11.7. The average molecular weight is 735 g/mol. The van der Waals surface area contributed by atoms with Crippen LogP contribution in [0, 0.1) is 34.5 Å². The summed E-state index contributed by atoms with van der Waals surface area (Å²) in [6, 6.07) is 1.61. The molecule has 3 N–H and O–H groups in total. The summed E-state index contributed by atoms with van der Waals surface area (Å²) in [5.74, 6) is -11.3. The third kappa shape index (κ3) is 6.61. The van der Waals surface area contributed by atoms with Crippen LogP contribution >= 0.6 is 0 Å². The van der Waals surface area contributed by atoms with Gasteiger partial charge in [-0.2, -0.15) is 0 Å². The number of fused-ring (bicyclic) bond motifs is 1. The highest BCUT2D eigenvalue weighted by molar-refractivity contribution is 5.78. The molecule has 3 fully saturated rings. The molecule has 1 saturated heterocycles. The van der Waals surface area contributed by atoms with Gasteiger partial charge in [0.1, 0.15) is 35.4 Å². The van der Waals surface area contributed by atoms with Crippen LogP contribution in [0.1, 0.15) is 85.6 Å². The van der Waals surface area contributed by atoms with E-state index in [4.69, 9.17) is 28.1 Å². The molecule has 288 valence electrons. The lowest BCUT2D eigenvalue weighted by atomic mass is 9.44. The maximum Gasteiger partial charge on any atom is 0.310 e.